The van der Waals surface area contributed by atoms with Crippen molar-refractivity contribution in [1.29, 1.82) is 0 Å². The Morgan fingerprint density at radius 3 is 1.38 bits per heavy atom. The van der Waals surface area contributed by atoms with E-state index >= 15 is 0 Å². The number of thiophene rings is 1. The average molecular weight is 1220 g/mol. The molecule has 0 amide bonds. The first-order chi connectivity index (χ1) is 34.2. The molecule has 366 valence electrons. The second kappa shape index (κ2) is 20.9. The van der Waals surface area contributed by atoms with E-state index in [1.807, 2.05) is 24.3 Å². The van der Waals surface area contributed by atoms with Gasteiger partial charge in [0, 0.05) is 11.1 Å². The number of hydrogen-bond acceptors (Lipinski definition) is 10. The smallest absolute Gasteiger partial charge is 0.436 e. The molecule has 0 atom stereocenters. The van der Waals surface area contributed by atoms with Crippen LogP contribution in [0.5, 0.6) is 11.6 Å². The number of benzene rings is 7. The van der Waals surface area contributed by atoms with Gasteiger partial charge in [-0.3, -0.25) is 13.2 Å². The van der Waals surface area contributed by atoms with E-state index < -0.39 is 52.9 Å². The SMILES string of the molecule is FC(F)(F)c1cc(Oc2nnc(-c3[c-]ccs3)c3cc4ccccc4cc23)c(C(F)(F)F)c(C(F)(F)F)c1.[CH-]=C(S)c1nncc2cc3ccccc3cc12.[CH-]=C(S)c1nncc2cc3ccccc3cc12.[Ir+3]. The maximum absolute atomic E-state index is 13.8. The number of rotatable bonds is 5. The van der Waals surface area contributed by atoms with Gasteiger partial charge in [0.2, 0.25) is 5.88 Å². The van der Waals surface area contributed by atoms with Crippen molar-refractivity contribution in [3.05, 3.63) is 192 Å². The zero-order valence-corrected chi connectivity index (χ0v) is 41.6. The zero-order chi connectivity index (χ0) is 51.1. The maximum atomic E-state index is 13.8. The Balaban J connectivity index is 0.000000167. The van der Waals surface area contributed by atoms with Crippen molar-refractivity contribution in [2.75, 3.05) is 0 Å². The van der Waals surface area contributed by atoms with Crippen LogP contribution >= 0.6 is 36.6 Å². The van der Waals surface area contributed by atoms with Crippen LogP contribution in [0.3, 0.4) is 0 Å². The van der Waals surface area contributed by atoms with Crippen LogP contribution in [0.1, 0.15) is 28.1 Å². The normalized spacial score (nSPS) is 11.8. The minimum Gasteiger partial charge on any atom is -0.436 e. The number of aromatic nitrogens is 6. The molecule has 0 spiro atoms. The number of fused-ring (bicyclic) bond motifs is 6. The van der Waals surface area contributed by atoms with E-state index in [9.17, 15) is 39.5 Å². The standard InChI is InChI=1S/C25H10F9N2OS.2C14H9N2S.Ir/c26-23(27,28)14-10-17(24(29,30)31)20(25(32,33)34)18(11-14)37-22-16-9-13-5-2-1-4-12(13)8-15(16)21(35-36-22)19-6-3-7-38-19;2*1-9(17)14-13-7-11-5-3-2-4-10(11)6-12(13)8-15-16-14;/h1-5,7-11H;2*1-8,17H;/q3*-1;+3. The van der Waals surface area contributed by atoms with E-state index in [4.69, 9.17) is 17.9 Å². The van der Waals surface area contributed by atoms with Gasteiger partial charge in [-0.2, -0.15) is 87.1 Å². The van der Waals surface area contributed by atoms with E-state index in [2.05, 4.69) is 110 Å². The molecule has 0 aliphatic rings. The summed E-state index contributed by atoms with van der Waals surface area (Å²) in [5.74, 6) is -2.41. The number of nitrogens with zero attached hydrogens (tertiary/aromatic N) is 6. The number of ether oxygens (including phenoxy) is 1. The molecular formula is C53H28F9IrN6OS3. The van der Waals surface area contributed by atoms with Crippen LogP contribution in [0.25, 0.3) is 85.0 Å². The van der Waals surface area contributed by atoms with Gasteiger partial charge in [-0.1, -0.05) is 107 Å². The number of hydrogen-bond donors (Lipinski definition) is 2. The van der Waals surface area contributed by atoms with Crippen molar-refractivity contribution in [1.82, 2.24) is 30.6 Å². The summed E-state index contributed by atoms with van der Waals surface area (Å²) in [6, 6.07) is 38.3. The summed E-state index contributed by atoms with van der Waals surface area (Å²) in [6.45, 7) is 11.4. The Kier molecular flexibility index (Phi) is 15.0. The van der Waals surface area contributed by atoms with Gasteiger partial charge in [-0.15, -0.1) is 20.3 Å². The molecule has 0 radical (unpaired) electrons. The Bertz CT molecular complexity index is 3780. The summed E-state index contributed by atoms with van der Waals surface area (Å²) < 4.78 is 128. The Morgan fingerprint density at radius 2 is 0.973 bits per heavy atom. The number of halogens is 9. The van der Waals surface area contributed by atoms with Crippen LogP contribution in [-0.2, 0) is 38.6 Å². The van der Waals surface area contributed by atoms with Crippen LogP contribution in [0.2, 0.25) is 0 Å². The molecule has 20 heteroatoms. The molecular weight excluding hydrogens is 1200 g/mol. The summed E-state index contributed by atoms with van der Waals surface area (Å²) >= 11 is 9.52. The molecule has 0 saturated heterocycles. The monoisotopic (exact) mass is 1220 g/mol. The van der Waals surface area contributed by atoms with Gasteiger partial charge in [-0.25, -0.2) is 26.6 Å². The van der Waals surface area contributed by atoms with Crippen molar-refractivity contribution >= 4 is 111 Å². The van der Waals surface area contributed by atoms with Crippen molar-refractivity contribution in [2.45, 2.75) is 18.5 Å². The molecule has 73 heavy (non-hydrogen) atoms. The van der Waals surface area contributed by atoms with E-state index in [1.165, 1.54) is 28.2 Å². The second-order valence-corrected chi connectivity index (χ2v) is 17.6. The molecule has 0 fully saturated rings. The minimum atomic E-state index is -5.77. The minimum absolute atomic E-state index is 0. The van der Waals surface area contributed by atoms with E-state index in [0.717, 1.165) is 32.3 Å². The predicted octanol–water partition coefficient (Wildman–Crippen LogP) is 16.1. The molecule has 11 aromatic rings. The van der Waals surface area contributed by atoms with Crippen LogP contribution in [0, 0.1) is 19.2 Å². The third-order valence-corrected chi connectivity index (χ3v) is 12.3. The summed E-state index contributed by atoms with van der Waals surface area (Å²) in [4.78, 5) is 1.27. The van der Waals surface area contributed by atoms with Gasteiger partial charge in [-0.05, 0) is 90.2 Å². The molecule has 0 aliphatic heterocycles. The Hall–Kier alpha value is -6.96. The fraction of sp³-hybridized carbons (Fsp3) is 0.0566. The molecule has 0 unspecified atom stereocenters. The Morgan fingerprint density at radius 1 is 0.521 bits per heavy atom. The fourth-order valence-electron chi connectivity index (χ4n) is 7.83. The third-order valence-electron chi connectivity index (χ3n) is 11.1. The van der Waals surface area contributed by atoms with Crippen LogP contribution in [0.15, 0.2) is 145 Å². The van der Waals surface area contributed by atoms with Gasteiger partial charge in [0.25, 0.3) is 0 Å². The summed E-state index contributed by atoms with van der Waals surface area (Å²) in [7, 11) is 0. The number of alkyl halides is 9. The van der Waals surface area contributed by atoms with Crippen LogP contribution in [0.4, 0.5) is 39.5 Å². The molecule has 0 bridgehead atoms. The largest absolute Gasteiger partial charge is 3.00 e. The molecule has 11 rings (SSSR count). The zero-order valence-electron chi connectivity index (χ0n) is 36.6. The molecule has 0 N–H and O–H groups in total. The van der Waals surface area contributed by atoms with Crippen LogP contribution < -0.4 is 4.74 Å². The van der Waals surface area contributed by atoms with Gasteiger partial charge in [0.15, 0.2) is 0 Å². The number of thiol groups is 2. The van der Waals surface area contributed by atoms with Crippen molar-refractivity contribution in [2.24, 2.45) is 0 Å². The fourth-order valence-corrected chi connectivity index (χ4v) is 8.83. The third kappa shape index (κ3) is 11.2. The first-order valence-corrected chi connectivity index (χ1v) is 22.7. The molecule has 0 saturated carbocycles. The van der Waals surface area contributed by atoms with Gasteiger partial charge in [0.05, 0.1) is 23.5 Å². The second-order valence-electron chi connectivity index (χ2n) is 15.7. The molecule has 7 nitrogen and oxygen atoms in total. The quantitative estimate of drug-likeness (QED) is 0.0768. The Labute approximate surface area is 436 Å². The average Bonchev–Trinajstić information content (AvgIpc) is 3.88. The van der Waals surface area contributed by atoms with Gasteiger partial charge in [0.1, 0.15) is 11.3 Å². The van der Waals surface area contributed by atoms with Crippen molar-refractivity contribution < 1.29 is 64.4 Å². The van der Waals surface area contributed by atoms with Crippen molar-refractivity contribution in [3.8, 4) is 22.2 Å². The first-order valence-electron chi connectivity index (χ1n) is 20.9. The molecule has 4 aromatic heterocycles. The van der Waals surface area contributed by atoms with Crippen LogP contribution in [-0.4, -0.2) is 30.6 Å². The topological polar surface area (TPSA) is 86.6 Å². The summed E-state index contributed by atoms with van der Waals surface area (Å²) in [5, 5.41) is 35.6. The maximum Gasteiger partial charge on any atom is 3.00 e. The van der Waals surface area contributed by atoms with E-state index in [0.29, 0.717) is 42.2 Å². The molecule has 0 aliphatic carbocycles. The van der Waals surface area contributed by atoms with Crippen molar-refractivity contribution in [3.63, 3.8) is 0 Å². The van der Waals surface area contributed by atoms with Gasteiger partial charge < -0.3 is 4.74 Å². The van der Waals surface area contributed by atoms with E-state index in [-0.39, 0.29) is 37.3 Å². The predicted molar refractivity (Wildman–Crippen MR) is 268 cm³/mol. The van der Waals surface area contributed by atoms with E-state index in [1.54, 1.807) is 54.2 Å². The molecule has 7 aromatic carbocycles. The van der Waals surface area contributed by atoms with Gasteiger partial charge >= 0.3 is 38.6 Å². The molecule has 4 heterocycles. The summed E-state index contributed by atoms with van der Waals surface area (Å²) in [6.07, 6.45) is -13.4. The first kappa shape index (κ1) is 52.4. The summed E-state index contributed by atoms with van der Waals surface area (Å²) in [5.41, 5.74) is -5.40.